The Balaban J connectivity index is 1.39. The molecule has 4 nitrogen and oxygen atoms in total. The number of hydrogen-bond donors (Lipinski definition) is 0. The van der Waals surface area contributed by atoms with Crippen molar-refractivity contribution < 1.29 is 9.53 Å². The van der Waals surface area contributed by atoms with Crippen molar-refractivity contribution in [3.63, 3.8) is 0 Å². The second kappa shape index (κ2) is 6.16. The van der Waals surface area contributed by atoms with E-state index in [0.717, 1.165) is 32.5 Å². The molecular weight excluding hydrogens is 300 g/mol. The van der Waals surface area contributed by atoms with Crippen LogP contribution in [0.2, 0.25) is 0 Å². The quantitative estimate of drug-likeness (QED) is 0.831. The minimum atomic E-state index is -0.0340. The summed E-state index contributed by atoms with van der Waals surface area (Å²) >= 11 is 0. The molecule has 2 bridgehead atoms. The van der Waals surface area contributed by atoms with Crippen molar-refractivity contribution in [2.24, 2.45) is 11.8 Å². The molecule has 3 heterocycles. The Kier molecular flexibility index (Phi) is 4.13. The summed E-state index contributed by atoms with van der Waals surface area (Å²) in [7, 11) is 4.27. The zero-order valence-electron chi connectivity index (χ0n) is 14.8. The van der Waals surface area contributed by atoms with Gasteiger partial charge < -0.3 is 14.5 Å². The maximum absolute atomic E-state index is 12.7. The summed E-state index contributed by atoms with van der Waals surface area (Å²) in [6.07, 6.45) is 4.15. The molecule has 1 amide bonds. The first-order chi connectivity index (χ1) is 11.6. The van der Waals surface area contributed by atoms with E-state index in [1.807, 2.05) is 18.2 Å². The summed E-state index contributed by atoms with van der Waals surface area (Å²) in [5.74, 6) is 1.40. The minimum Gasteiger partial charge on any atom is -0.369 e. The lowest BCUT2D eigenvalue weighted by Crippen LogP contribution is -2.40. The van der Waals surface area contributed by atoms with E-state index in [2.05, 4.69) is 36.0 Å². The molecule has 3 aliphatic heterocycles. The molecule has 4 atom stereocenters. The topological polar surface area (TPSA) is 32.8 Å². The third-order valence-corrected chi connectivity index (χ3v) is 6.18. The largest absolute Gasteiger partial charge is 0.369 e. The molecule has 1 spiro atoms. The molecule has 130 valence electrons. The number of carbonyl (C=O) groups excluding carboxylic acids is 1. The predicted octanol–water partition coefficient (Wildman–Crippen LogP) is 2.19. The summed E-state index contributed by atoms with van der Waals surface area (Å²) in [6.45, 7) is 2.78. The van der Waals surface area contributed by atoms with Gasteiger partial charge in [-0.05, 0) is 38.9 Å². The van der Waals surface area contributed by atoms with Gasteiger partial charge in [-0.1, -0.05) is 30.3 Å². The number of nitrogens with zero attached hydrogens (tertiary/aromatic N) is 2. The molecule has 0 radical (unpaired) electrons. The zero-order valence-corrected chi connectivity index (χ0v) is 14.8. The van der Waals surface area contributed by atoms with Gasteiger partial charge in [-0.2, -0.15) is 0 Å². The van der Waals surface area contributed by atoms with Crippen LogP contribution in [0.3, 0.4) is 0 Å². The summed E-state index contributed by atoms with van der Waals surface area (Å²) in [6, 6.07) is 10.3. The fraction of sp³-hybridized carbons (Fsp3) is 0.650. The van der Waals surface area contributed by atoms with Crippen LogP contribution in [0.15, 0.2) is 30.3 Å². The smallest absolute Gasteiger partial charge is 0.223 e. The highest BCUT2D eigenvalue weighted by Crippen LogP contribution is 2.54. The monoisotopic (exact) mass is 328 g/mol. The van der Waals surface area contributed by atoms with E-state index in [0.29, 0.717) is 30.3 Å². The van der Waals surface area contributed by atoms with Crippen LogP contribution in [-0.4, -0.2) is 61.1 Å². The normalized spacial score (nSPS) is 34.1. The van der Waals surface area contributed by atoms with Gasteiger partial charge >= 0.3 is 0 Å². The molecule has 0 N–H and O–H groups in total. The molecule has 4 rings (SSSR count). The van der Waals surface area contributed by atoms with Crippen molar-refractivity contribution in [3.8, 4) is 0 Å². The Hall–Kier alpha value is -1.39. The van der Waals surface area contributed by atoms with Crippen LogP contribution in [0.25, 0.3) is 0 Å². The van der Waals surface area contributed by atoms with Crippen molar-refractivity contribution >= 4 is 5.91 Å². The summed E-state index contributed by atoms with van der Waals surface area (Å²) in [4.78, 5) is 17.1. The van der Waals surface area contributed by atoms with Crippen LogP contribution in [0.5, 0.6) is 0 Å². The predicted molar refractivity (Wildman–Crippen MR) is 93.7 cm³/mol. The number of hydrogen-bond acceptors (Lipinski definition) is 3. The molecule has 1 aromatic carbocycles. The fourth-order valence-corrected chi connectivity index (χ4v) is 5.10. The molecular formula is C20H28N2O2. The van der Waals surface area contributed by atoms with Gasteiger partial charge in [-0.15, -0.1) is 0 Å². The summed E-state index contributed by atoms with van der Waals surface area (Å²) in [5.41, 5.74) is 1.21. The Morgan fingerprint density at radius 3 is 2.88 bits per heavy atom. The van der Waals surface area contributed by atoms with Crippen LogP contribution in [0, 0.1) is 11.8 Å². The third-order valence-electron chi connectivity index (χ3n) is 6.18. The lowest BCUT2D eigenvalue weighted by atomic mass is 9.73. The van der Waals surface area contributed by atoms with Crippen LogP contribution < -0.4 is 0 Å². The number of rotatable bonds is 5. The van der Waals surface area contributed by atoms with Crippen LogP contribution >= 0.6 is 0 Å². The number of ether oxygens (including phenoxy) is 1. The first-order valence-electron chi connectivity index (χ1n) is 9.22. The lowest BCUT2D eigenvalue weighted by molar-refractivity contribution is -0.131. The molecule has 0 aliphatic carbocycles. The van der Waals surface area contributed by atoms with Gasteiger partial charge in [0, 0.05) is 31.3 Å². The average Bonchev–Trinajstić information content (AvgIpc) is 3.23. The van der Waals surface area contributed by atoms with Gasteiger partial charge in [-0.3, -0.25) is 4.79 Å². The number of fused-ring (bicyclic) bond motifs is 1. The molecule has 4 heteroatoms. The number of carbonyl (C=O) groups is 1. The summed E-state index contributed by atoms with van der Waals surface area (Å²) in [5, 5.41) is 0. The first-order valence-corrected chi connectivity index (χ1v) is 9.22. The molecule has 3 saturated heterocycles. The van der Waals surface area contributed by atoms with E-state index in [1.165, 1.54) is 12.0 Å². The molecule has 3 aliphatic rings. The standard InChI is InChI=1S/C20H28N2O2/c1-21(2)12-16-17-13-22(14-20(17)11-10-18(16)24-20)19(23)9-8-15-6-4-3-5-7-15/h3-7,16-18H,8-14H2,1-2H3/t16-,17+,18+,20+/m0/s1. The second-order valence-corrected chi connectivity index (χ2v) is 8.05. The highest BCUT2D eigenvalue weighted by Gasteiger charge is 2.63. The van der Waals surface area contributed by atoms with Crippen LogP contribution in [0.4, 0.5) is 0 Å². The average molecular weight is 328 g/mol. The minimum absolute atomic E-state index is 0.0340. The van der Waals surface area contributed by atoms with Crippen molar-refractivity contribution in [1.82, 2.24) is 9.80 Å². The van der Waals surface area contributed by atoms with Crippen LogP contribution in [0.1, 0.15) is 24.8 Å². The van der Waals surface area contributed by atoms with E-state index in [-0.39, 0.29) is 5.60 Å². The highest BCUT2D eigenvalue weighted by atomic mass is 16.5. The second-order valence-electron chi connectivity index (χ2n) is 8.05. The highest BCUT2D eigenvalue weighted by molar-refractivity contribution is 5.77. The maximum Gasteiger partial charge on any atom is 0.223 e. The van der Waals surface area contributed by atoms with E-state index in [4.69, 9.17) is 4.74 Å². The van der Waals surface area contributed by atoms with E-state index < -0.39 is 0 Å². The van der Waals surface area contributed by atoms with Gasteiger partial charge in [0.2, 0.25) is 5.91 Å². The van der Waals surface area contributed by atoms with Gasteiger partial charge in [0.25, 0.3) is 0 Å². The van der Waals surface area contributed by atoms with E-state index in [9.17, 15) is 4.79 Å². The van der Waals surface area contributed by atoms with Gasteiger partial charge in [0.1, 0.15) is 0 Å². The Morgan fingerprint density at radius 2 is 2.12 bits per heavy atom. The maximum atomic E-state index is 12.7. The van der Waals surface area contributed by atoms with Crippen LogP contribution in [-0.2, 0) is 16.0 Å². The third kappa shape index (κ3) is 2.76. The molecule has 3 fully saturated rings. The van der Waals surface area contributed by atoms with Crippen molar-refractivity contribution in [1.29, 1.82) is 0 Å². The molecule has 24 heavy (non-hydrogen) atoms. The number of likely N-dealkylation sites (tertiary alicyclic amines) is 1. The van der Waals surface area contributed by atoms with Gasteiger partial charge in [-0.25, -0.2) is 0 Å². The molecule has 0 aromatic heterocycles. The lowest BCUT2D eigenvalue weighted by Gasteiger charge is -2.30. The van der Waals surface area contributed by atoms with E-state index in [1.54, 1.807) is 0 Å². The van der Waals surface area contributed by atoms with Crippen molar-refractivity contribution in [3.05, 3.63) is 35.9 Å². The first kappa shape index (κ1) is 16.1. The number of amides is 1. The Morgan fingerprint density at radius 1 is 1.33 bits per heavy atom. The van der Waals surface area contributed by atoms with E-state index >= 15 is 0 Å². The van der Waals surface area contributed by atoms with Crippen molar-refractivity contribution in [2.45, 2.75) is 37.4 Å². The SMILES string of the molecule is CN(C)C[C@H]1[C@H]2CN(C(=O)CCc3ccccc3)C[C@]23CC[C@H]1O3. The Labute approximate surface area is 144 Å². The number of benzene rings is 1. The Bertz CT molecular complexity index is 603. The zero-order chi connectivity index (χ0) is 16.7. The molecule has 0 saturated carbocycles. The van der Waals surface area contributed by atoms with Gasteiger partial charge in [0.15, 0.2) is 0 Å². The van der Waals surface area contributed by atoms with Gasteiger partial charge in [0.05, 0.1) is 18.2 Å². The molecule has 1 aromatic rings. The fourth-order valence-electron chi connectivity index (χ4n) is 5.10. The molecule has 0 unspecified atom stereocenters. The summed E-state index contributed by atoms with van der Waals surface area (Å²) < 4.78 is 6.42. The van der Waals surface area contributed by atoms with Crippen molar-refractivity contribution in [2.75, 3.05) is 33.7 Å². The number of aryl methyl sites for hydroxylation is 1.